The Bertz CT molecular complexity index is 951. The zero-order valence-electron chi connectivity index (χ0n) is 19.5. The minimum atomic E-state index is -4.33. The standard InChI is InChI=1S/C26H33F3N2O2/c1-17-5-4-8-25(2)15-23-20(14-22(17)25)21(24(32)33-23)16-30-9-11-31(12-10-30)19-7-3-6-18(13-19)26(27,28)29/h3,6-7,13,20-21,23H,4-5,8-12,14-16H2,1-2H3/p+1. The summed E-state index contributed by atoms with van der Waals surface area (Å²) in [6.45, 7) is 8.38. The topological polar surface area (TPSA) is 34.0 Å². The summed E-state index contributed by atoms with van der Waals surface area (Å²) in [5.41, 5.74) is 3.29. The summed E-state index contributed by atoms with van der Waals surface area (Å²) in [6.07, 6.45) is 1.22. The molecule has 2 aliphatic heterocycles. The summed E-state index contributed by atoms with van der Waals surface area (Å²) in [5, 5.41) is 0. The summed E-state index contributed by atoms with van der Waals surface area (Å²) < 4.78 is 45.1. The number of allylic oxidation sites excluding steroid dienone is 2. The van der Waals surface area contributed by atoms with E-state index in [1.54, 1.807) is 11.6 Å². The Kier molecular flexibility index (Phi) is 5.74. The van der Waals surface area contributed by atoms with Crippen LogP contribution in [0.5, 0.6) is 0 Å². The summed E-state index contributed by atoms with van der Waals surface area (Å²) in [5.74, 6) is 0.151. The van der Waals surface area contributed by atoms with Crippen molar-refractivity contribution in [3.8, 4) is 0 Å². The van der Waals surface area contributed by atoms with Crippen LogP contribution in [0, 0.1) is 17.3 Å². The molecule has 2 aliphatic carbocycles. The van der Waals surface area contributed by atoms with Crippen LogP contribution in [0.2, 0.25) is 0 Å². The Morgan fingerprint density at radius 3 is 2.73 bits per heavy atom. The third-order valence-electron chi connectivity index (χ3n) is 8.70. The lowest BCUT2D eigenvalue weighted by Crippen LogP contribution is -3.15. The van der Waals surface area contributed by atoms with Crippen LogP contribution in [0.1, 0.15) is 51.5 Å². The summed E-state index contributed by atoms with van der Waals surface area (Å²) in [6, 6.07) is 5.58. The highest BCUT2D eigenvalue weighted by Crippen LogP contribution is 2.54. The van der Waals surface area contributed by atoms with Crippen molar-refractivity contribution in [3.05, 3.63) is 41.0 Å². The molecule has 4 unspecified atom stereocenters. The van der Waals surface area contributed by atoms with Gasteiger partial charge in [-0.1, -0.05) is 24.1 Å². The van der Waals surface area contributed by atoms with Gasteiger partial charge in [0.1, 0.15) is 12.0 Å². The Labute approximate surface area is 193 Å². The number of hydrogen-bond donors (Lipinski definition) is 1. The van der Waals surface area contributed by atoms with E-state index >= 15 is 0 Å². The first kappa shape index (κ1) is 22.8. The number of nitrogens with zero attached hydrogens (tertiary/aromatic N) is 1. The molecular weight excluding hydrogens is 429 g/mol. The number of piperazine rings is 1. The Morgan fingerprint density at radius 2 is 2.00 bits per heavy atom. The second-order valence-corrected chi connectivity index (χ2v) is 10.8. The van der Waals surface area contributed by atoms with Crippen molar-refractivity contribution < 1.29 is 27.6 Å². The van der Waals surface area contributed by atoms with E-state index in [9.17, 15) is 18.0 Å². The first-order valence-electron chi connectivity index (χ1n) is 12.3. The van der Waals surface area contributed by atoms with Gasteiger partial charge in [-0.25, -0.2) is 0 Å². The van der Waals surface area contributed by atoms with Gasteiger partial charge < -0.3 is 14.5 Å². The fourth-order valence-corrected chi connectivity index (χ4v) is 6.82. The molecule has 0 bridgehead atoms. The van der Waals surface area contributed by atoms with Gasteiger partial charge in [0.05, 0.1) is 38.3 Å². The number of fused-ring (bicyclic) bond motifs is 2. The molecule has 2 saturated heterocycles. The Balaban J connectivity index is 1.23. The first-order valence-corrected chi connectivity index (χ1v) is 12.3. The van der Waals surface area contributed by atoms with Gasteiger partial charge in [-0.3, -0.25) is 4.79 Å². The van der Waals surface area contributed by atoms with Crippen LogP contribution < -0.4 is 9.80 Å². The van der Waals surface area contributed by atoms with Crippen molar-refractivity contribution in [2.75, 3.05) is 37.6 Å². The lowest BCUT2D eigenvalue weighted by Gasteiger charge is -2.45. The van der Waals surface area contributed by atoms with E-state index in [0.29, 0.717) is 18.8 Å². The molecule has 5 rings (SSSR count). The summed E-state index contributed by atoms with van der Waals surface area (Å²) >= 11 is 0. The normalized spacial score (nSPS) is 33.1. The molecule has 2 heterocycles. The fourth-order valence-electron chi connectivity index (χ4n) is 6.82. The van der Waals surface area contributed by atoms with E-state index in [-0.39, 0.29) is 29.3 Å². The van der Waals surface area contributed by atoms with Crippen LogP contribution in [0.15, 0.2) is 35.4 Å². The average Bonchev–Trinajstić information content (AvgIpc) is 3.06. The molecule has 0 aromatic heterocycles. The molecule has 1 aromatic rings. The number of alkyl halides is 3. The number of rotatable bonds is 3. The highest BCUT2D eigenvalue weighted by atomic mass is 19.4. The molecule has 4 aliphatic rings. The maximum Gasteiger partial charge on any atom is 0.416 e. The fraction of sp³-hybridized carbons (Fsp3) is 0.654. The largest absolute Gasteiger partial charge is 0.462 e. The van der Waals surface area contributed by atoms with Gasteiger partial charge in [-0.05, 0) is 62.6 Å². The molecule has 33 heavy (non-hydrogen) atoms. The van der Waals surface area contributed by atoms with Crippen LogP contribution in [0.25, 0.3) is 0 Å². The monoisotopic (exact) mass is 463 g/mol. The molecule has 180 valence electrons. The van der Waals surface area contributed by atoms with Crippen LogP contribution in [0.4, 0.5) is 18.9 Å². The maximum atomic E-state index is 13.1. The summed E-state index contributed by atoms with van der Waals surface area (Å²) in [7, 11) is 0. The zero-order chi connectivity index (χ0) is 23.4. The van der Waals surface area contributed by atoms with Crippen molar-refractivity contribution in [1.29, 1.82) is 0 Å². The van der Waals surface area contributed by atoms with E-state index < -0.39 is 11.7 Å². The molecule has 0 spiro atoms. The molecule has 4 nitrogen and oxygen atoms in total. The molecule has 1 saturated carbocycles. The van der Waals surface area contributed by atoms with Gasteiger partial charge >= 0.3 is 12.1 Å². The molecular formula is C26H34F3N2O2+. The number of nitrogens with one attached hydrogen (secondary N) is 1. The third-order valence-corrected chi connectivity index (χ3v) is 8.70. The first-order chi connectivity index (χ1) is 15.6. The second-order valence-electron chi connectivity index (χ2n) is 10.8. The number of esters is 1. The molecule has 7 heteroatoms. The van der Waals surface area contributed by atoms with E-state index in [1.807, 2.05) is 4.90 Å². The molecule has 4 atom stereocenters. The Hall–Kier alpha value is -2.02. The highest BCUT2D eigenvalue weighted by molar-refractivity contribution is 5.75. The zero-order valence-corrected chi connectivity index (χ0v) is 19.5. The van der Waals surface area contributed by atoms with Gasteiger partial charge in [0.25, 0.3) is 0 Å². The smallest absolute Gasteiger partial charge is 0.416 e. The number of ether oxygens (including phenoxy) is 1. The van der Waals surface area contributed by atoms with Gasteiger partial charge in [0, 0.05) is 11.6 Å². The van der Waals surface area contributed by atoms with E-state index in [4.69, 9.17) is 4.74 Å². The third kappa shape index (κ3) is 4.29. The Morgan fingerprint density at radius 1 is 1.24 bits per heavy atom. The second kappa shape index (κ2) is 8.33. The SMILES string of the molecule is CC1=C2CC3C(CC2(C)CCC1)OC(=O)C3C[NH+]1CCN(c2cccc(C(F)(F)F)c2)CC1. The van der Waals surface area contributed by atoms with Crippen LogP contribution in [-0.4, -0.2) is 44.8 Å². The number of anilines is 1. The van der Waals surface area contributed by atoms with E-state index in [1.165, 1.54) is 41.9 Å². The number of carbonyl (C=O) groups is 1. The van der Waals surface area contributed by atoms with Gasteiger partial charge in [-0.15, -0.1) is 0 Å². The summed E-state index contributed by atoms with van der Waals surface area (Å²) in [4.78, 5) is 16.2. The lowest BCUT2D eigenvalue weighted by atomic mass is 9.59. The minimum Gasteiger partial charge on any atom is -0.462 e. The number of carbonyl (C=O) groups excluding carboxylic acids is 1. The van der Waals surface area contributed by atoms with Crippen molar-refractivity contribution >= 4 is 11.7 Å². The van der Waals surface area contributed by atoms with E-state index in [0.717, 1.165) is 38.5 Å². The maximum absolute atomic E-state index is 13.1. The molecule has 1 aromatic carbocycles. The number of hydrogen-bond acceptors (Lipinski definition) is 3. The lowest BCUT2D eigenvalue weighted by molar-refractivity contribution is -0.903. The predicted molar refractivity (Wildman–Crippen MR) is 120 cm³/mol. The molecule has 1 N–H and O–H groups in total. The van der Waals surface area contributed by atoms with Crippen molar-refractivity contribution in [3.63, 3.8) is 0 Å². The number of benzene rings is 1. The van der Waals surface area contributed by atoms with Crippen LogP contribution in [-0.2, 0) is 15.7 Å². The quantitative estimate of drug-likeness (QED) is 0.546. The highest BCUT2D eigenvalue weighted by Gasteiger charge is 2.54. The molecule has 0 radical (unpaired) electrons. The average molecular weight is 464 g/mol. The van der Waals surface area contributed by atoms with Gasteiger partial charge in [0.2, 0.25) is 0 Å². The van der Waals surface area contributed by atoms with Crippen LogP contribution >= 0.6 is 0 Å². The number of halogens is 3. The van der Waals surface area contributed by atoms with Crippen molar-refractivity contribution in [1.82, 2.24) is 0 Å². The van der Waals surface area contributed by atoms with E-state index in [2.05, 4.69) is 13.8 Å². The number of quaternary nitrogens is 1. The molecule has 3 fully saturated rings. The molecule has 0 amide bonds. The van der Waals surface area contributed by atoms with Crippen molar-refractivity contribution in [2.45, 2.75) is 58.2 Å². The van der Waals surface area contributed by atoms with Gasteiger partial charge in [-0.2, -0.15) is 13.2 Å². The predicted octanol–water partition coefficient (Wildman–Crippen LogP) is 3.87. The minimum absolute atomic E-state index is 0.0351. The van der Waals surface area contributed by atoms with Gasteiger partial charge in [0.15, 0.2) is 0 Å². The van der Waals surface area contributed by atoms with Crippen LogP contribution in [0.3, 0.4) is 0 Å². The van der Waals surface area contributed by atoms with Crippen molar-refractivity contribution in [2.24, 2.45) is 17.3 Å².